The second-order valence-corrected chi connectivity index (χ2v) is 9.61. The lowest BCUT2D eigenvalue weighted by molar-refractivity contribution is -0.119. The topological polar surface area (TPSA) is 26.0 Å². The van der Waals surface area contributed by atoms with Crippen molar-refractivity contribution >= 4 is 0 Å². The zero-order chi connectivity index (χ0) is 15.4. The molecule has 0 radical (unpaired) electrons. The van der Waals surface area contributed by atoms with Gasteiger partial charge in [0.2, 0.25) is 0 Å². The highest BCUT2D eigenvalue weighted by Gasteiger charge is 2.59. The van der Waals surface area contributed by atoms with Crippen LogP contribution in [0.4, 0.5) is 0 Å². The molecule has 0 heterocycles. The van der Waals surface area contributed by atoms with Crippen molar-refractivity contribution in [2.45, 2.75) is 96.9 Å². The Labute approximate surface area is 137 Å². The summed E-state index contributed by atoms with van der Waals surface area (Å²) < 4.78 is 0. The third-order valence-corrected chi connectivity index (χ3v) is 9.07. The first-order valence-corrected chi connectivity index (χ1v) is 10.4. The van der Waals surface area contributed by atoms with Gasteiger partial charge in [-0.05, 0) is 92.3 Å². The third kappa shape index (κ3) is 2.00. The average molecular weight is 304 g/mol. The first-order valence-electron chi connectivity index (χ1n) is 10.4. The lowest BCUT2D eigenvalue weighted by Crippen LogP contribution is -2.55. The number of nitrogens with two attached hydrogens (primary N) is 1. The van der Waals surface area contributed by atoms with Gasteiger partial charge in [0.25, 0.3) is 0 Å². The maximum Gasteiger partial charge on any atom is 0.00957 e. The molecule has 1 heteroatoms. The summed E-state index contributed by atoms with van der Waals surface area (Å²) in [5, 5.41) is 0. The van der Waals surface area contributed by atoms with E-state index in [2.05, 4.69) is 13.8 Å². The molecule has 4 aliphatic carbocycles. The Bertz CT molecular complexity index is 414. The molecule has 0 amide bonds. The molecular weight excluding hydrogens is 266 g/mol. The van der Waals surface area contributed by atoms with Crippen molar-refractivity contribution in [1.82, 2.24) is 0 Å². The Hall–Kier alpha value is -0.0400. The summed E-state index contributed by atoms with van der Waals surface area (Å²) in [6.45, 7) is 4.98. The minimum atomic E-state index is 0.482. The quantitative estimate of drug-likeness (QED) is 0.713. The largest absolute Gasteiger partial charge is 0.327 e. The van der Waals surface area contributed by atoms with Gasteiger partial charge < -0.3 is 5.73 Å². The summed E-state index contributed by atoms with van der Waals surface area (Å²) in [6, 6.07) is 0.490. The summed E-state index contributed by atoms with van der Waals surface area (Å²) >= 11 is 0. The minimum Gasteiger partial charge on any atom is -0.327 e. The monoisotopic (exact) mass is 303 g/mol. The van der Waals surface area contributed by atoms with Crippen LogP contribution in [-0.4, -0.2) is 6.04 Å². The van der Waals surface area contributed by atoms with Crippen LogP contribution in [0.2, 0.25) is 0 Å². The van der Waals surface area contributed by atoms with Gasteiger partial charge in [0.05, 0.1) is 0 Å². The zero-order valence-electron chi connectivity index (χ0n) is 14.9. The van der Waals surface area contributed by atoms with Crippen LogP contribution in [-0.2, 0) is 0 Å². The van der Waals surface area contributed by atoms with Crippen LogP contribution in [0.25, 0.3) is 0 Å². The standard InChI is InChI=1S/C21H37N/c1-3-12-21-13-5-4-6-15(21)7-8-16-17-9-10-19(22)20(17,2)14-11-18(16)21/h15-19H,3-14,22H2,1-2H3. The van der Waals surface area contributed by atoms with Gasteiger partial charge >= 0.3 is 0 Å². The molecule has 1 nitrogen and oxygen atoms in total. The van der Waals surface area contributed by atoms with Crippen molar-refractivity contribution in [3.05, 3.63) is 0 Å². The fourth-order valence-electron chi connectivity index (χ4n) is 8.07. The zero-order valence-corrected chi connectivity index (χ0v) is 14.9. The second-order valence-electron chi connectivity index (χ2n) is 9.61. The van der Waals surface area contributed by atoms with Crippen LogP contribution >= 0.6 is 0 Å². The molecular formula is C21H37N. The normalized spacial score (nSPS) is 54.4. The van der Waals surface area contributed by atoms with E-state index in [9.17, 15) is 0 Å². The molecule has 4 fully saturated rings. The molecule has 0 aliphatic heterocycles. The third-order valence-electron chi connectivity index (χ3n) is 9.07. The lowest BCUT2D eigenvalue weighted by Gasteiger charge is -2.61. The molecule has 0 saturated heterocycles. The van der Waals surface area contributed by atoms with Crippen molar-refractivity contribution in [2.75, 3.05) is 0 Å². The van der Waals surface area contributed by atoms with Crippen molar-refractivity contribution in [2.24, 2.45) is 40.2 Å². The van der Waals surface area contributed by atoms with Gasteiger partial charge in [-0.2, -0.15) is 0 Å². The smallest absolute Gasteiger partial charge is 0.00957 e. The number of rotatable bonds is 2. The van der Waals surface area contributed by atoms with Crippen LogP contribution < -0.4 is 5.73 Å². The number of hydrogen-bond donors (Lipinski definition) is 1. The molecule has 4 saturated carbocycles. The van der Waals surface area contributed by atoms with Gasteiger partial charge in [-0.3, -0.25) is 0 Å². The van der Waals surface area contributed by atoms with E-state index in [1.165, 1.54) is 57.8 Å². The predicted octanol–water partition coefficient (Wildman–Crippen LogP) is 5.53. The van der Waals surface area contributed by atoms with E-state index in [1.54, 1.807) is 19.3 Å². The van der Waals surface area contributed by atoms with Crippen LogP contribution in [0.5, 0.6) is 0 Å². The van der Waals surface area contributed by atoms with Gasteiger partial charge in [-0.25, -0.2) is 0 Å². The molecule has 0 aromatic rings. The van der Waals surface area contributed by atoms with E-state index in [0.29, 0.717) is 11.5 Å². The molecule has 0 aromatic heterocycles. The Balaban J connectivity index is 1.66. The van der Waals surface area contributed by atoms with Crippen molar-refractivity contribution < 1.29 is 0 Å². The van der Waals surface area contributed by atoms with Gasteiger partial charge in [-0.15, -0.1) is 0 Å². The highest BCUT2D eigenvalue weighted by Crippen LogP contribution is 2.67. The Morgan fingerprint density at radius 2 is 1.77 bits per heavy atom. The Kier molecular flexibility index (Phi) is 3.87. The molecule has 0 spiro atoms. The van der Waals surface area contributed by atoms with E-state index in [4.69, 9.17) is 5.73 Å². The van der Waals surface area contributed by atoms with Crippen LogP contribution in [0.1, 0.15) is 90.9 Å². The first kappa shape index (κ1) is 15.5. The van der Waals surface area contributed by atoms with E-state index in [-0.39, 0.29) is 0 Å². The number of hydrogen-bond acceptors (Lipinski definition) is 1. The first-order chi connectivity index (χ1) is 10.6. The molecule has 0 bridgehead atoms. The molecule has 22 heavy (non-hydrogen) atoms. The Morgan fingerprint density at radius 1 is 0.909 bits per heavy atom. The summed E-state index contributed by atoms with van der Waals surface area (Å²) in [6.07, 6.45) is 17.8. The summed E-state index contributed by atoms with van der Waals surface area (Å²) in [5.41, 5.74) is 7.79. The predicted molar refractivity (Wildman–Crippen MR) is 93.6 cm³/mol. The summed E-state index contributed by atoms with van der Waals surface area (Å²) in [5.74, 6) is 4.10. The Morgan fingerprint density at radius 3 is 2.59 bits per heavy atom. The molecule has 4 aliphatic rings. The van der Waals surface area contributed by atoms with Gasteiger partial charge in [0.15, 0.2) is 0 Å². The maximum absolute atomic E-state index is 6.57. The second kappa shape index (κ2) is 5.50. The molecule has 4 rings (SSSR count). The molecule has 2 N–H and O–H groups in total. The van der Waals surface area contributed by atoms with Crippen LogP contribution in [0.3, 0.4) is 0 Å². The highest BCUT2D eigenvalue weighted by atomic mass is 14.8. The lowest BCUT2D eigenvalue weighted by atomic mass is 9.44. The van der Waals surface area contributed by atoms with Gasteiger partial charge in [0, 0.05) is 6.04 Å². The molecule has 126 valence electrons. The van der Waals surface area contributed by atoms with Crippen molar-refractivity contribution in [3.8, 4) is 0 Å². The SMILES string of the molecule is CCCC12CCCCC1CCC1C3CCC(N)C3(C)CCC12. The van der Waals surface area contributed by atoms with Gasteiger partial charge in [0.1, 0.15) is 0 Å². The van der Waals surface area contributed by atoms with Crippen LogP contribution in [0.15, 0.2) is 0 Å². The molecule has 7 unspecified atom stereocenters. The molecule has 0 aromatic carbocycles. The molecule has 7 atom stereocenters. The fourth-order valence-corrected chi connectivity index (χ4v) is 8.07. The summed E-state index contributed by atoms with van der Waals surface area (Å²) in [4.78, 5) is 0. The van der Waals surface area contributed by atoms with Crippen molar-refractivity contribution in [3.63, 3.8) is 0 Å². The highest BCUT2D eigenvalue weighted by molar-refractivity contribution is 5.10. The number of fused-ring (bicyclic) bond motifs is 5. The van der Waals surface area contributed by atoms with E-state index < -0.39 is 0 Å². The summed E-state index contributed by atoms with van der Waals surface area (Å²) in [7, 11) is 0. The van der Waals surface area contributed by atoms with Crippen molar-refractivity contribution in [1.29, 1.82) is 0 Å². The minimum absolute atomic E-state index is 0.482. The van der Waals surface area contributed by atoms with Crippen LogP contribution in [0, 0.1) is 34.5 Å². The van der Waals surface area contributed by atoms with E-state index >= 15 is 0 Å². The average Bonchev–Trinajstić information content (AvgIpc) is 2.83. The van der Waals surface area contributed by atoms with E-state index in [1.807, 2.05) is 0 Å². The van der Waals surface area contributed by atoms with Gasteiger partial charge in [-0.1, -0.05) is 33.1 Å². The fraction of sp³-hybridized carbons (Fsp3) is 1.00. The van der Waals surface area contributed by atoms with E-state index in [0.717, 1.165) is 29.1 Å². The maximum atomic E-state index is 6.57.